The van der Waals surface area contributed by atoms with Gasteiger partial charge in [-0.2, -0.15) is 10.1 Å². The van der Waals surface area contributed by atoms with Crippen LogP contribution in [-0.4, -0.2) is 19.3 Å². The van der Waals surface area contributed by atoms with E-state index in [1.54, 1.807) is 11.7 Å². The van der Waals surface area contributed by atoms with Crippen LogP contribution in [0.3, 0.4) is 0 Å². The first-order chi connectivity index (χ1) is 12.6. The summed E-state index contributed by atoms with van der Waals surface area (Å²) in [6.45, 7) is 1.93. The van der Waals surface area contributed by atoms with Gasteiger partial charge in [0.05, 0.1) is 11.9 Å². The zero-order valence-corrected chi connectivity index (χ0v) is 14.5. The number of nitrogens with zero attached hydrogens (tertiary/aromatic N) is 4. The molecule has 1 unspecified atom stereocenters. The average Bonchev–Trinajstić information content (AvgIpc) is 3.04. The van der Waals surface area contributed by atoms with E-state index in [2.05, 4.69) is 10.1 Å². The standard InChI is InChI=1S/C20H18N4O2/c1-14(15-9-5-3-6-10-15)26-20-22-18-17(13-21-23(18)2)19(25)24(20)16-11-7-4-8-12-16/h3-14H,1-2H3. The Labute approximate surface area is 150 Å². The van der Waals surface area contributed by atoms with E-state index in [1.165, 1.54) is 10.8 Å². The minimum atomic E-state index is -0.260. The second-order valence-electron chi connectivity index (χ2n) is 6.05. The lowest BCUT2D eigenvalue weighted by Crippen LogP contribution is -2.23. The Morgan fingerprint density at radius 1 is 1.00 bits per heavy atom. The molecule has 4 aromatic rings. The summed E-state index contributed by atoms with van der Waals surface area (Å²) >= 11 is 0. The molecule has 6 heteroatoms. The highest BCUT2D eigenvalue weighted by molar-refractivity contribution is 5.74. The van der Waals surface area contributed by atoms with Gasteiger partial charge in [-0.3, -0.25) is 9.48 Å². The minimum absolute atomic E-state index is 0.204. The van der Waals surface area contributed by atoms with Gasteiger partial charge in [0.25, 0.3) is 5.56 Å². The van der Waals surface area contributed by atoms with Gasteiger partial charge < -0.3 is 4.74 Å². The number of aromatic nitrogens is 4. The van der Waals surface area contributed by atoms with Crippen LogP contribution in [0.4, 0.5) is 0 Å². The highest BCUT2D eigenvalue weighted by Gasteiger charge is 2.19. The molecule has 0 saturated carbocycles. The number of ether oxygens (including phenoxy) is 1. The van der Waals surface area contributed by atoms with Gasteiger partial charge in [0.1, 0.15) is 11.5 Å². The molecule has 0 bridgehead atoms. The van der Waals surface area contributed by atoms with E-state index in [4.69, 9.17) is 4.74 Å². The molecule has 0 spiro atoms. The summed E-state index contributed by atoms with van der Waals surface area (Å²) in [4.78, 5) is 17.6. The molecule has 0 saturated heterocycles. The number of aryl methyl sites for hydroxylation is 1. The summed E-state index contributed by atoms with van der Waals surface area (Å²) in [5.74, 6) is 0. The molecule has 26 heavy (non-hydrogen) atoms. The summed E-state index contributed by atoms with van der Waals surface area (Å²) in [6.07, 6.45) is 1.28. The van der Waals surface area contributed by atoms with Gasteiger partial charge in [0.15, 0.2) is 5.65 Å². The summed E-state index contributed by atoms with van der Waals surface area (Å²) < 4.78 is 9.18. The van der Waals surface area contributed by atoms with Crippen LogP contribution in [0.25, 0.3) is 16.7 Å². The van der Waals surface area contributed by atoms with Crippen molar-refractivity contribution >= 4 is 11.0 Å². The molecular formula is C20H18N4O2. The summed E-state index contributed by atoms with van der Waals surface area (Å²) in [6, 6.07) is 19.4. The molecule has 4 rings (SSSR count). The van der Waals surface area contributed by atoms with E-state index in [1.807, 2.05) is 67.6 Å². The van der Waals surface area contributed by atoms with Gasteiger partial charge in [-0.1, -0.05) is 48.5 Å². The van der Waals surface area contributed by atoms with Crippen LogP contribution in [0.2, 0.25) is 0 Å². The van der Waals surface area contributed by atoms with E-state index in [0.29, 0.717) is 16.7 Å². The molecule has 0 radical (unpaired) electrons. The van der Waals surface area contributed by atoms with Crippen molar-refractivity contribution in [3.05, 3.63) is 82.8 Å². The van der Waals surface area contributed by atoms with E-state index in [9.17, 15) is 4.79 Å². The highest BCUT2D eigenvalue weighted by atomic mass is 16.5. The first kappa shape index (κ1) is 16.1. The Hall–Kier alpha value is -3.41. The highest BCUT2D eigenvalue weighted by Crippen LogP contribution is 2.23. The first-order valence-electron chi connectivity index (χ1n) is 8.37. The molecule has 0 fully saturated rings. The van der Waals surface area contributed by atoms with E-state index < -0.39 is 0 Å². The Bertz CT molecular complexity index is 1100. The Kier molecular flexibility index (Phi) is 4.01. The third kappa shape index (κ3) is 2.75. The van der Waals surface area contributed by atoms with Crippen molar-refractivity contribution in [1.82, 2.24) is 19.3 Å². The molecular weight excluding hydrogens is 328 g/mol. The number of hydrogen-bond acceptors (Lipinski definition) is 4. The fourth-order valence-electron chi connectivity index (χ4n) is 2.90. The molecule has 0 N–H and O–H groups in total. The number of para-hydroxylation sites is 1. The fourth-order valence-corrected chi connectivity index (χ4v) is 2.90. The molecule has 2 aromatic carbocycles. The quantitative estimate of drug-likeness (QED) is 0.569. The number of rotatable bonds is 4. The van der Waals surface area contributed by atoms with Crippen LogP contribution in [0, 0.1) is 0 Å². The van der Waals surface area contributed by atoms with Gasteiger partial charge in [0, 0.05) is 7.05 Å². The third-order valence-corrected chi connectivity index (χ3v) is 4.30. The summed E-state index contributed by atoms with van der Waals surface area (Å²) in [5.41, 5.74) is 2.00. The molecule has 6 nitrogen and oxygen atoms in total. The van der Waals surface area contributed by atoms with Crippen LogP contribution in [0.1, 0.15) is 18.6 Å². The normalized spacial score (nSPS) is 12.2. The number of hydrogen-bond donors (Lipinski definition) is 0. The predicted octanol–water partition coefficient (Wildman–Crippen LogP) is 3.26. The van der Waals surface area contributed by atoms with Gasteiger partial charge in [0.2, 0.25) is 0 Å². The molecule has 2 heterocycles. The fraction of sp³-hybridized carbons (Fsp3) is 0.150. The maximum atomic E-state index is 13.1. The molecule has 1 atom stereocenters. The van der Waals surface area contributed by atoms with Gasteiger partial charge in [-0.25, -0.2) is 4.57 Å². The third-order valence-electron chi connectivity index (χ3n) is 4.30. The van der Waals surface area contributed by atoms with Gasteiger partial charge >= 0.3 is 6.01 Å². The molecule has 0 aliphatic rings. The first-order valence-corrected chi connectivity index (χ1v) is 8.37. The molecule has 0 amide bonds. The lowest BCUT2D eigenvalue weighted by atomic mass is 10.1. The SMILES string of the molecule is CC(Oc1nc2c(cnn2C)c(=O)n1-c1ccccc1)c1ccccc1. The Balaban J connectivity index is 1.89. The topological polar surface area (TPSA) is 61.9 Å². The van der Waals surface area contributed by atoms with Gasteiger partial charge in [-0.15, -0.1) is 0 Å². The van der Waals surface area contributed by atoms with Crippen molar-refractivity contribution in [2.75, 3.05) is 0 Å². The lowest BCUT2D eigenvalue weighted by Gasteiger charge is -2.18. The van der Waals surface area contributed by atoms with Crippen molar-refractivity contribution in [3.63, 3.8) is 0 Å². The Morgan fingerprint density at radius 2 is 1.65 bits per heavy atom. The maximum absolute atomic E-state index is 13.1. The smallest absolute Gasteiger partial charge is 0.306 e. The second-order valence-corrected chi connectivity index (χ2v) is 6.05. The van der Waals surface area contributed by atoms with E-state index in [0.717, 1.165) is 5.56 Å². The van der Waals surface area contributed by atoms with Crippen molar-refractivity contribution in [2.45, 2.75) is 13.0 Å². The van der Waals surface area contributed by atoms with Crippen LogP contribution in [-0.2, 0) is 7.05 Å². The van der Waals surface area contributed by atoms with Gasteiger partial charge in [-0.05, 0) is 24.6 Å². The second kappa shape index (κ2) is 6.48. The van der Waals surface area contributed by atoms with Crippen molar-refractivity contribution in [2.24, 2.45) is 7.05 Å². The van der Waals surface area contributed by atoms with Crippen molar-refractivity contribution < 1.29 is 4.74 Å². The zero-order chi connectivity index (χ0) is 18.1. The van der Waals surface area contributed by atoms with Crippen LogP contribution in [0.5, 0.6) is 6.01 Å². The molecule has 0 aliphatic carbocycles. The van der Waals surface area contributed by atoms with E-state index >= 15 is 0 Å². The molecule has 0 aliphatic heterocycles. The average molecular weight is 346 g/mol. The number of benzene rings is 2. The monoisotopic (exact) mass is 346 g/mol. The van der Waals surface area contributed by atoms with Crippen molar-refractivity contribution in [1.29, 1.82) is 0 Å². The van der Waals surface area contributed by atoms with E-state index in [-0.39, 0.29) is 17.7 Å². The molecule has 130 valence electrons. The van der Waals surface area contributed by atoms with Crippen LogP contribution >= 0.6 is 0 Å². The minimum Gasteiger partial charge on any atom is -0.456 e. The lowest BCUT2D eigenvalue weighted by molar-refractivity contribution is 0.201. The zero-order valence-electron chi connectivity index (χ0n) is 14.5. The maximum Gasteiger partial charge on any atom is 0.306 e. The number of fused-ring (bicyclic) bond motifs is 1. The van der Waals surface area contributed by atoms with Crippen LogP contribution in [0.15, 0.2) is 71.7 Å². The van der Waals surface area contributed by atoms with Crippen molar-refractivity contribution in [3.8, 4) is 11.7 Å². The largest absolute Gasteiger partial charge is 0.456 e. The Morgan fingerprint density at radius 3 is 2.35 bits per heavy atom. The summed E-state index contributed by atoms with van der Waals surface area (Å²) in [7, 11) is 1.76. The molecule has 2 aromatic heterocycles. The predicted molar refractivity (Wildman–Crippen MR) is 99.6 cm³/mol. The van der Waals surface area contributed by atoms with Crippen LogP contribution < -0.4 is 10.3 Å². The summed E-state index contributed by atoms with van der Waals surface area (Å²) in [5, 5.41) is 4.61.